The fourth-order valence-electron chi connectivity index (χ4n) is 3.38. The number of ether oxygens (including phenoxy) is 4. The quantitative estimate of drug-likeness (QED) is 0.0999. The molecule has 1 N–H and O–H groups in total. The molecule has 0 amide bonds. The van der Waals surface area contributed by atoms with Crippen LogP contribution < -0.4 is 0 Å². The number of aliphatic hydroxyl groups is 1. The average Bonchev–Trinajstić information content (AvgIpc) is 2.72. The Morgan fingerprint density at radius 1 is 0.844 bits per heavy atom. The van der Waals surface area contributed by atoms with Crippen LogP contribution >= 0.6 is 0 Å². The second-order valence-corrected chi connectivity index (χ2v) is 15.0. The van der Waals surface area contributed by atoms with Crippen LogP contribution in [-0.2, 0) is 23.4 Å². The van der Waals surface area contributed by atoms with Gasteiger partial charge in [0.25, 0.3) is 0 Å². The Balaban J connectivity index is 4.26. The van der Waals surface area contributed by atoms with E-state index in [9.17, 15) is 5.11 Å². The summed E-state index contributed by atoms with van der Waals surface area (Å²) in [6, 6.07) is 0. The van der Waals surface area contributed by atoms with Crippen molar-refractivity contribution in [2.24, 2.45) is 0 Å². The van der Waals surface area contributed by atoms with Crippen molar-refractivity contribution in [3.63, 3.8) is 0 Å². The van der Waals surface area contributed by atoms with Crippen LogP contribution in [0.4, 0.5) is 0 Å². The molecule has 7 heteroatoms. The maximum Gasteiger partial charge on any atom is 0.192 e. The van der Waals surface area contributed by atoms with Gasteiger partial charge in [-0.15, -0.1) is 6.58 Å². The van der Waals surface area contributed by atoms with Crippen molar-refractivity contribution in [1.82, 2.24) is 0 Å². The standard InChI is InChI=1S/C25H52O6Si/c1-10-22(26)24(30-20-28-7)18-16-14-12-11-13-15-17-23(29-19-27-6)21(2)31-32(8,9)25(3,4)5/h10,21-24,26H,1,11-20H2,2-9H3/t21-,22+,23+,24+/m1/s1. The molecule has 0 unspecified atom stereocenters. The maximum atomic E-state index is 9.96. The number of rotatable bonds is 20. The van der Waals surface area contributed by atoms with Gasteiger partial charge in [-0.3, -0.25) is 0 Å². The Bertz CT molecular complexity index is 466. The van der Waals surface area contributed by atoms with E-state index < -0.39 is 14.4 Å². The minimum absolute atomic E-state index is 0.0585. The predicted octanol–water partition coefficient (Wildman–Crippen LogP) is 6.04. The van der Waals surface area contributed by atoms with Crippen LogP contribution in [0.25, 0.3) is 0 Å². The topological polar surface area (TPSA) is 66.4 Å². The molecular weight excluding hydrogens is 424 g/mol. The summed E-state index contributed by atoms with van der Waals surface area (Å²) in [5, 5.41) is 10.1. The number of methoxy groups -OCH3 is 2. The van der Waals surface area contributed by atoms with Crippen molar-refractivity contribution in [3.8, 4) is 0 Å². The van der Waals surface area contributed by atoms with Crippen molar-refractivity contribution in [2.45, 2.75) is 122 Å². The third kappa shape index (κ3) is 13.4. The minimum Gasteiger partial charge on any atom is -0.412 e. The molecule has 0 aromatic rings. The predicted molar refractivity (Wildman–Crippen MR) is 134 cm³/mol. The van der Waals surface area contributed by atoms with Crippen LogP contribution in [0.2, 0.25) is 18.1 Å². The Hall–Kier alpha value is -0.283. The Kier molecular flexibility index (Phi) is 17.0. The molecule has 0 fully saturated rings. The second kappa shape index (κ2) is 17.2. The van der Waals surface area contributed by atoms with E-state index in [1.54, 1.807) is 14.2 Å². The molecule has 0 radical (unpaired) electrons. The lowest BCUT2D eigenvalue weighted by Crippen LogP contribution is -2.46. The first kappa shape index (κ1) is 31.7. The van der Waals surface area contributed by atoms with Crippen molar-refractivity contribution in [3.05, 3.63) is 12.7 Å². The second-order valence-electron chi connectivity index (χ2n) is 10.2. The number of hydrogen-bond donors (Lipinski definition) is 1. The monoisotopic (exact) mass is 476 g/mol. The molecule has 6 nitrogen and oxygen atoms in total. The van der Waals surface area contributed by atoms with Crippen molar-refractivity contribution >= 4 is 8.32 Å². The Labute approximate surface area is 199 Å². The lowest BCUT2D eigenvalue weighted by molar-refractivity contribution is -0.108. The van der Waals surface area contributed by atoms with Crippen molar-refractivity contribution in [2.75, 3.05) is 27.8 Å². The number of hydrogen-bond acceptors (Lipinski definition) is 6. The van der Waals surface area contributed by atoms with E-state index in [1.807, 2.05) is 0 Å². The van der Waals surface area contributed by atoms with E-state index in [0.717, 1.165) is 32.1 Å². The van der Waals surface area contributed by atoms with E-state index in [-0.39, 0.29) is 30.1 Å². The Morgan fingerprint density at radius 3 is 1.72 bits per heavy atom. The molecule has 192 valence electrons. The van der Waals surface area contributed by atoms with Gasteiger partial charge in [-0.2, -0.15) is 0 Å². The molecule has 0 saturated carbocycles. The maximum absolute atomic E-state index is 9.96. The highest BCUT2D eigenvalue weighted by atomic mass is 28.4. The fourth-order valence-corrected chi connectivity index (χ4v) is 4.82. The van der Waals surface area contributed by atoms with Gasteiger partial charge in [-0.25, -0.2) is 0 Å². The van der Waals surface area contributed by atoms with E-state index in [2.05, 4.69) is 47.4 Å². The van der Waals surface area contributed by atoms with Gasteiger partial charge in [0.2, 0.25) is 0 Å². The summed E-state index contributed by atoms with van der Waals surface area (Å²) in [5.41, 5.74) is 0. The molecular formula is C25H52O6Si. The van der Waals surface area contributed by atoms with Crippen LogP contribution in [0.3, 0.4) is 0 Å². The third-order valence-electron chi connectivity index (χ3n) is 6.46. The molecule has 0 saturated heterocycles. The molecule has 0 aliphatic heterocycles. The first-order valence-electron chi connectivity index (χ1n) is 12.2. The molecule has 0 spiro atoms. The zero-order valence-electron chi connectivity index (χ0n) is 22.2. The van der Waals surface area contributed by atoms with Gasteiger partial charge >= 0.3 is 0 Å². The molecule has 0 heterocycles. The molecule has 32 heavy (non-hydrogen) atoms. The highest BCUT2D eigenvalue weighted by Gasteiger charge is 2.39. The van der Waals surface area contributed by atoms with Crippen molar-refractivity contribution < 1.29 is 28.5 Å². The van der Waals surface area contributed by atoms with Gasteiger partial charge in [-0.1, -0.05) is 65.4 Å². The number of unbranched alkanes of at least 4 members (excludes halogenated alkanes) is 5. The summed E-state index contributed by atoms with van der Waals surface area (Å²) in [4.78, 5) is 0. The van der Waals surface area contributed by atoms with Crippen LogP contribution in [-0.4, -0.2) is 65.6 Å². The number of aliphatic hydroxyl groups excluding tert-OH is 1. The van der Waals surface area contributed by atoms with E-state index >= 15 is 0 Å². The third-order valence-corrected chi connectivity index (χ3v) is 11.0. The molecule has 0 rings (SSSR count). The first-order valence-corrected chi connectivity index (χ1v) is 15.1. The van der Waals surface area contributed by atoms with Crippen molar-refractivity contribution in [1.29, 1.82) is 0 Å². The molecule has 0 aliphatic rings. The fraction of sp³-hybridized carbons (Fsp3) is 0.920. The Morgan fingerprint density at radius 2 is 1.28 bits per heavy atom. The van der Waals surface area contributed by atoms with E-state index in [0.29, 0.717) is 6.79 Å². The normalized spacial score (nSPS) is 16.5. The zero-order valence-corrected chi connectivity index (χ0v) is 23.2. The van der Waals surface area contributed by atoms with Crippen LogP contribution in [0.5, 0.6) is 0 Å². The highest BCUT2D eigenvalue weighted by Crippen LogP contribution is 2.38. The first-order chi connectivity index (χ1) is 15.0. The van der Waals surface area contributed by atoms with Gasteiger partial charge in [0.1, 0.15) is 13.6 Å². The van der Waals surface area contributed by atoms with Gasteiger partial charge in [-0.05, 0) is 37.9 Å². The highest BCUT2D eigenvalue weighted by molar-refractivity contribution is 6.74. The molecule has 0 bridgehead atoms. The largest absolute Gasteiger partial charge is 0.412 e. The van der Waals surface area contributed by atoms with E-state index in [1.165, 1.54) is 25.3 Å². The molecule has 0 aromatic carbocycles. The average molecular weight is 477 g/mol. The van der Waals surface area contributed by atoms with Gasteiger partial charge in [0, 0.05) is 14.2 Å². The molecule has 4 atom stereocenters. The van der Waals surface area contributed by atoms with E-state index in [4.69, 9.17) is 23.4 Å². The summed E-state index contributed by atoms with van der Waals surface area (Å²) in [6.07, 6.45) is 9.38. The lowest BCUT2D eigenvalue weighted by atomic mass is 10.0. The summed E-state index contributed by atoms with van der Waals surface area (Å²) < 4.78 is 28.2. The van der Waals surface area contributed by atoms with Gasteiger partial charge < -0.3 is 28.5 Å². The van der Waals surface area contributed by atoms with Crippen LogP contribution in [0, 0.1) is 0 Å². The smallest absolute Gasteiger partial charge is 0.192 e. The molecule has 0 aliphatic carbocycles. The summed E-state index contributed by atoms with van der Waals surface area (Å²) in [6.45, 7) is 17.7. The van der Waals surface area contributed by atoms with Crippen LogP contribution in [0.1, 0.15) is 79.1 Å². The summed E-state index contributed by atoms with van der Waals surface area (Å²) >= 11 is 0. The SMILES string of the molecule is C=C[C@H](O)[C@H](CCCCCCCC[C@H](OCOC)[C@@H](C)O[Si](C)(C)C(C)(C)C)OCOC. The van der Waals surface area contributed by atoms with Gasteiger partial charge in [0.05, 0.1) is 24.4 Å². The summed E-state index contributed by atoms with van der Waals surface area (Å²) in [5.74, 6) is 0. The molecule has 0 aromatic heterocycles. The zero-order chi connectivity index (χ0) is 24.6. The summed E-state index contributed by atoms with van der Waals surface area (Å²) in [7, 11) is 1.42. The minimum atomic E-state index is -1.83. The lowest BCUT2D eigenvalue weighted by Gasteiger charge is -2.40. The van der Waals surface area contributed by atoms with Crippen LogP contribution in [0.15, 0.2) is 12.7 Å². The van der Waals surface area contributed by atoms with Gasteiger partial charge in [0.15, 0.2) is 8.32 Å².